The number of tetrazole rings is 1. The molecule has 0 aliphatic heterocycles. The molecule has 0 unspecified atom stereocenters. The van der Waals surface area contributed by atoms with Crippen LogP contribution in [0.4, 0.5) is 4.39 Å². The molecule has 0 aliphatic carbocycles. The first-order chi connectivity index (χ1) is 8.49. The largest absolute Gasteiger partial charge is 0.241 e. The van der Waals surface area contributed by atoms with Gasteiger partial charge in [0.05, 0.1) is 11.4 Å². The average molecular weight is 271 g/mol. The van der Waals surface area contributed by atoms with Gasteiger partial charge in [0.1, 0.15) is 5.82 Å². The number of rotatable bonds is 4. The molecule has 2 N–H and O–H groups in total. The topological polar surface area (TPSA) is 101 Å². The van der Waals surface area contributed by atoms with E-state index in [1.165, 1.54) is 13.0 Å². The molecule has 9 heteroatoms. The molecule has 2 rings (SSSR count). The maximum absolute atomic E-state index is 12.9. The number of hydrogen-bond donors (Lipinski definition) is 2. The highest BCUT2D eigenvalue weighted by Crippen LogP contribution is 2.15. The Hall–Kier alpha value is -1.87. The van der Waals surface area contributed by atoms with Crippen LogP contribution in [0.2, 0.25) is 0 Å². The van der Waals surface area contributed by atoms with Crippen LogP contribution in [-0.2, 0) is 16.6 Å². The van der Waals surface area contributed by atoms with Gasteiger partial charge in [-0.25, -0.2) is 17.5 Å². The van der Waals surface area contributed by atoms with E-state index < -0.39 is 15.8 Å². The Morgan fingerprint density at radius 1 is 1.44 bits per heavy atom. The number of hydrogen-bond acceptors (Lipinski definition) is 5. The first-order valence-corrected chi connectivity index (χ1v) is 6.45. The molecular weight excluding hydrogens is 261 g/mol. The van der Waals surface area contributed by atoms with Crippen molar-refractivity contribution in [2.75, 3.05) is 0 Å². The number of aryl methyl sites for hydroxylation is 1. The number of sulfonamides is 1. The van der Waals surface area contributed by atoms with Crippen molar-refractivity contribution in [2.24, 2.45) is 0 Å². The van der Waals surface area contributed by atoms with Gasteiger partial charge in [0.2, 0.25) is 10.0 Å². The predicted molar refractivity (Wildman–Crippen MR) is 59.3 cm³/mol. The maximum atomic E-state index is 12.9. The van der Waals surface area contributed by atoms with Crippen LogP contribution in [0.5, 0.6) is 0 Å². The fraction of sp³-hybridized carbons (Fsp3) is 0.222. The van der Waals surface area contributed by atoms with Crippen molar-refractivity contribution in [1.82, 2.24) is 25.3 Å². The summed E-state index contributed by atoms with van der Waals surface area (Å²) < 4.78 is 39.1. The zero-order valence-corrected chi connectivity index (χ0v) is 10.2. The van der Waals surface area contributed by atoms with Gasteiger partial charge >= 0.3 is 0 Å². The van der Waals surface area contributed by atoms with E-state index in [1.54, 1.807) is 0 Å². The molecule has 0 atom stereocenters. The number of aromatic amines is 1. The number of halogens is 1. The molecule has 0 spiro atoms. The highest BCUT2D eigenvalue weighted by Gasteiger charge is 2.17. The van der Waals surface area contributed by atoms with E-state index in [2.05, 4.69) is 25.3 Å². The van der Waals surface area contributed by atoms with Crippen LogP contribution >= 0.6 is 0 Å². The van der Waals surface area contributed by atoms with E-state index in [0.717, 1.165) is 12.1 Å². The van der Waals surface area contributed by atoms with Gasteiger partial charge in [-0.15, -0.1) is 10.2 Å². The molecular formula is C9H10FN5O2S. The number of H-pyrrole nitrogens is 1. The molecule has 0 bridgehead atoms. The van der Waals surface area contributed by atoms with Crippen LogP contribution < -0.4 is 4.72 Å². The standard InChI is InChI=1S/C9H10FN5O2S/c1-6-4-7(10)2-3-8(6)18(16,17)11-5-9-12-14-15-13-9/h2-4,11H,5H2,1H3,(H,12,13,14,15). The summed E-state index contributed by atoms with van der Waals surface area (Å²) in [5.41, 5.74) is 0.329. The quantitative estimate of drug-likeness (QED) is 0.823. The molecule has 0 aliphatic rings. The summed E-state index contributed by atoms with van der Waals surface area (Å²) >= 11 is 0. The van der Waals surface area contributed by atoms with Crippen LogP contribution in [0.3, 0.4) is 0 Å². The van der Waals surface area contributed by atoms with Crippen LogP contribution in [0.15, 0.2) is 23.1 Å². The lowest BCUT2D eigenvalue weighted by molar-refractivity contribution is 0.577. The second kappa shape index (κ2) is 4.78. The van der Waals surface area contributed by atoms with Crippen molar-refractivity contribution < 1.29 is 12.8 Å². The predicted octanol–water partition coefficient (Wildman–Crippen LogP) is 0.126. The molecule has 0 radical (unpaired) electrons. The smallest absolute Gasteiger partial charge is 0.207 e. The summed E-state index contributed by atoms with van der Waals surface area (Å²) in [6, 6.07) is 3.46. The first kappa shape index (κ1) is 12.6. The lowest BCUT2D eigenvalue weighted by Crippen LogP contribution is -2.24. The molecule has 18 heavy (non-hydrogen) atoms. The van der Waals surface area contributed by atoms with Crippen LogP contribution in [0.1, 0.15) is 11.4 Å². The first-order valence-electron chi connectivity index (χ1n) is 4.97. The van der Waals surface area contributed by atoms with Gasteiger partial charge < -0.3 is 0 Å². The molecule has 2 aromatic rings. The van der Waals surface area contributed by atoms with Gasteiger partial charge in [0, 0.05) is 0 Å². The van der Waals surface area contributed by atoms with Crippen LogP contribution in [-0.4, -0.2) is 29.0 Å². The van der Waals surface area contributed by atoms with Crippen molar-refractivity contribution >= 4 is 10.0 Å². The second-order valence-corrected chi connectivity index (χ2v) is 5.30. The van der Waals surface area contributed by atoms with Crippen molar-refractivity contribution in [3.05, 3.63) is 35.4 Å². The zero-order valence-electron chi connectivity index (χ0n) is 9.38. The third-order valence-corrected chi connectivity index (χ3v) is 3.80. The minimum atomic E-state index is -3.72. The van der Waals surface area contributed by atoms with Gasteiger partial charge in [-0.05, 0) is 30.7 Å². The van der Waals surface area contributed by atoms with E-state index in [9.17, 15) is 12.8 Å². The normalized spacial score (nSPS) is 11.7. The number of nitrogens with one attached hydrogen (secondary N) is 2. The molecule has 0 saturated carbocycles. The van der Waals surface area contributed by atoms with E-state index in [4.69, 9.17) is 0 Å². The van der Waals surface area contributed by atoms with Gasteiger partial charge in [-0.1, -0.05) is 5.21 Å². The second-order valence-electron chi connectivity index (χ2n) is 3.56. The molecule has 1 aromatic carbocycles. The van der Waals surface area contributed by atoms with Crippen molar-refractivity contribution in [1.29, 1.82) is 0 Å². The highest BCUT2D eigenvalue weighted by molar-refractivity contribution is 7.89. The minimum Gasteiger partial charge on any atom is -0.207 e. The summed E-state index contributed by atoms with van der Waals surface area (Å²) in [7, 11) is -3.72. The Morgan fingerprint density at radius 3 is 2.83 bits per heavy atom. The molecule has 96 valence electrons. The summed E-state index contributed by atoms with van der Waals surface area (Å²) in [5, 5.41) is 12.7. The number of aromatic nitrogens is 4. The molecule has 7 nitrogen and oxygen atoms in total. The molecule has 1 aromatic heterocycles. The third-order valence-electron chi connectivity index (χ3n) is 2.24. The van der Waals surface area contributed by atoms with Crippen LogP contribution in [0.25, 0.3) is 0 Å². The van der Waals surface area contributed by atoms with E-state index in [1.807, 2.05) is 0 Å². The fourth-order valence-electron chi connectivity index (χ4n) is 1.41. The van der Waals surface area contributed by atoms with Crippen LogP contribution in [0, 0.1) is 12.7 Å². The van der Waals surface area contributed by atoms with Crippen molar-refractivity contribution in [2.45, 2.75) is 18.4 Å². The Bertz CT molecular complexity index is 641. The lowest BCUT2D eigenvalue weighted by Gasteiger charge is -2.07. The third kappa shape index (κ3) is 2.68. The van der Waals surface area contributed by atoms with Gasteiger partial charge in [-0.3, -0.25) is 0 Å². The summed E-state index contributed by atoms with van der Waals surface area (Å²) in [5.74, 6) is -0.261. The molecule has 0 fully saturated rings. The monoisotopic (exact) mass is 271 g/mol. The Labute approximate surface area is 102 Å². The van der Waals surface area contributed by atoms with Gasteiger partial charge in [0.15, 0.2) is 5.82 Å². The lowest BCUT2D eigenvalue weighted by atomic mass is 10.2. The Morgan fingerprint density at radius 2 is 2.22 bits per heavy atom. The van der Waals surface area contributed by atoms with Gasteiger partial charge in [0.25, 0.3) is 0 Å². The molecule has 0 amide bonds. The average Bonchev–Trinajstić information content (AvgIpc) is 2.78. The molecule has 0 saturated heterocycles. The summed E-state index contributed by atoms with van der Waals surface area (Å²) in [6.07, 6.45) is 0. The van der Waals surface area contributed by atoms with Gasteiger partial charge in [-0.2, -0.15) is 5.21 Å². The Balaban J connectivity index is 2.20. The van der Waals surface area contributed by atoms with Crippen molar-refractivity contribution in [3.63, 3.8) is 0 Å². The zero-order chi connectivity index (χ0) is 13.2. The molecule has 1 heterocycles. The number of nitrogens with zero attached hydrogens (tertiary/aromatic N) is 3. The summed E-state index contributed by atoms with van der Waals surface area (Å²) in [4.78, 5) is 0.0207. The minimum absolute atomic E-state index is 0.0207. The SMILES string of the molecule is Cc1cc(F)ccc1S(=O)(=O)NCc1nn[nH]n1. The van der Waals surface area contributed by atoms with E-state index in [-0.39, 0.29) is 17.3 Å². The Kier molecular flexibility index (Phi) is 3.34. The van der Waals surface area contributed by atoms with E-state index in [0.29, 0.717) is 5.56 Å². The summed E-state index contributed by atoms with van der Waals surface area (Å²) in [6.45, 7) is 1.43. The maximum Gasteiger partial charge on any atom is 0.241 e. The van der Waals surface area contributed by atoms with Crippen molar-refractivity contribution in [3.8, 4) is 0 Å². The number of benzene rings is 1. The van der Waals surface area contributed by atoms with E-state index >= 15 is 0 Å². The highest BCUT2D eigenvalue weighted by atomic mass is 32.2. The fourth-order valence-corrected chi connectivity index (χ4v) is 2.61.